The molecule has 148 valence electrons. The molecule has 5 atom stereocenters. The fraction of sp³-hybridized carbons (Fsp3) is 0.409. The van der Waals surface area contributed by atoms with Gasteiger partial charge >= 0.3 is 0 Å². The first-order chi connectivity index (χ1) is 13.4. The minimum absolute atomic E-state index is 0.0151. The summed E-state index contributed by atoms with van der Waals surface area (Å²) >= 11 is 12.6. The Hall–Kier alpha value is -1.75. The van der Waals surface area contributed by atoms with Crippen LogP contribution in [0.4, 0.5) is 0 Å². The smallest absolute Gasteiger partial charge is 0.228 e. The number of halogens is 2. The van der Waals surface area contributed by atoms with E-state index >= 15 is 0 Å². The second kappa shape index (κ2) is 7.25. The summed E-state index contributed by atoms with van der Waals surface area (Å²) in [7, 11) is 0. The van der Waals surface area contributed by atoms with E-state index in [4.69, 9.17) is 23.2 Å². The Labute approximate surface area is 174 Å². The van der Waals surface area contributed by atoms with Crippen LogP contribution in [0, 0.1) is 11.3 Å². The van der Waals surface area contributed by atoms with Gasteiger partial charge in [-0.2, -0.15) is 0 Å². The maximum atomic E-state index is 12.8. The van der Waals surface area contributed by atoms with Gasteiger partial charge in [0.2, 0.25) is 5.91 Å². The molecule has 1 amide bonds. The summed E-state index contributed by atoms with van der Waals surface area (Å²) in [4.78, 5) is 12.8. The molecule has 2 aliphatic rings. The van der Waals surface area contributed by atoms with Gasteiger partial charge in [-0.1, -0.05) is 48.3 Å². The minimum atomic E-state index is -0.910. The van der Waals surface area contributed by atoms with E-state index in [9.17, 15) is 15.0 Å². The molecule has 3 N–H and O–H groups in total. The predicted molar refractivity (Wildman–Crippen MR) is 110 cm³/mol. The number of phenolic OH excluding ortho intramolecular Hbond substituents is 1. The Morgan fingerprint density at radius 3 is 2.54 bits per heavy atom. The van der Waals surface area contributed by atoms with Crippen LogP contribution in [0.3, 0.4) is 0 Å². The van der Waals surface area contributed by atoms with Gasteiger partial charge in [-0.3, -0.25) is 4.79 Å². The van der Waals surface area contributed by atoms with Crippen LogP contribution in [0.25, 0.3) is 0 Å². The molecule has 1 aliphatic heterocycles. The van der Waals surface area contributed by atoms with Crippen molar-refractivity contribution in [3.8, 4) is 5.75 Å². The number of carbonyl (C=O) groups excluding carboxylic acids is 1. The summed E-state index contributed by atoms with van der Waals surface area (Å²) in [6.07, 6.45) is 1.21. The fourth-order valence-corrected chi connectivity index (χ4v) is 5.79. The van der Waals surface area contributed by atoms with Crippen molar-refractivity contribution in [2.45, 2.75) is 44.2 Å². The monoisotopic (exact) mass is 419 g/mol. The van der Waals surface area contributed by atoms with Crippen LogP contribution in [0.15, 0.2) is 42.5 Å². The molecule has 1 unspecified atom stereocenters. The molecule has 2 aromatic rings. The predicted octanol–water partition coefficient (Wildman–Crippen LogP) is 4.82. The van der Waals surface area contributed by atoms with E-state index < -0.39 is 11.6 Å². The van der Waals surface area contributed by atoms with Gasteiger partial charge in [0.15, 0.2) is 0 Å². The van der Waals surface area contributed by atoms with E-state index in [-0.39, 0.29) is 29.4 Å². The van der Waals surface area contributed by atoms with E-state index in [1.54, 1.807) is 12.1 Å². The van der Waals surface area contributed by atoms with E-state index in [2.05, 4.69) is 5.32 Å². The molecule has 0 radical (unpaired) electrons. The number of hydrogen-bond donors (Lipinski definition) is 3. The van der Waals surface area contributed by atoms with Crippen molar-refractivity contribution >= 4 is 29.1 Å². The lowest BCUT2D eigenvalue weighted by Gasteiger charge is -2.47. The van der Waals surface area contributed by atoms with Gasteiger partial charge in [-0.15, -0.1) is 0 Å². The van der Waals surface area contributed by atoms with Crippen LogP contribution < -0.4 is 5.32 Å². The van der Waals surface area contributed by atoms with Gasteiger partial charge < -0.3 is 15.5 Å². The molecule has 1 heterocycles. The summed E-state index contributed by atoms with van der Waals surface area (Å²) in [6, 6.07) is 12.6. The van der Waals surface area contributed by atoms with Gasteiger partial charge in [0.1, 0.15) is 12.0 Å². The first kappa shape index (κ1) is 19.6. The Morgan fingerprint density at radius 1 is 1.18 bits per heavy atom. The van der Waals surface area contributed by atoms with Gasteiger partial charge in [-0.25, -0.2) is 0 Å². The Morgan fingerprint density at radius 2 is 1.89 bits per heavy atom. The number of hydrogen-bond acceptors (Lipinski definition) is 3. The molecule has 1 aliphatic carbocycles. The van der Waals surface area contributed by atoms with Crippen molar-refractivity contribution in [2.75, 3.05) is 0 Å². The zero-order valence-corrected chi connectivity index (χ0v) is 17.0. The number of carbonyl (C=O) groups is 1. The first-order valence-corrected chi connectivity index (χ1v) is 10.4. The number of amides is 1. The van der Waals surface area contributed by atoms with Crippen molar-refractivity contribution in [3.05, 3.63) is 63.6 Å². The Balaban J connectivity index is 1.87. The topological polar surface area (TPSA) is 69.6 Å². The lowest BCUT2D eigenvalue weighted by molar-refractivity contribution is -0.131. The van der Waals surface area contributed by atoms with E-state index in [1.807, 2.05) is 37.3 Å². The van der Waals surface area contributed by atoms with Crippen LogP contribution in [0.5, 0.6) is 5.75 Å². The number of aliphatic hydroxyl groups is 1. The summed E-state index contributed by atoms with van der Waals surface area (Å²) in [5, 5.41) is 24.5. The van der Waals surface area contributed by atoms with E-state index in [1.165, 1.54) is 0 Å². The Kier molecular flexibility index (Phi) is 5.07. The lowest BCUT2D eigenvalue weighted by Crippen LogP contribution is -2.44. The third-order valence-electron chi connectivity index (χ3n) is 6.70. The highest BCUT2D eigenvalue weighted by molar-refractivity contribution is 6.31. The molecule has 2 fully saturated rings. The first-order valence-electron chi connectivity index (χ1n) is 9.60. The average Bonchev–Trinajstić information content (AvgIpc) is 2.93. The zero-order chi connectivity index (χ0) is 20.1. The van der Waals surface area contributed by atoms with Gasteiger partial charge in [0.05, 0.1) is 5.41 Å². The molecule has 28 heavy (non-hydrogen) atoms. The number of phenols is 1. The third kappa shape index (κ3) is 2.99. The van der Waals surface area contributed by atoms with Gasteiger partial charge in [0, 0.05) is 16.0 Å². The van der Waals surface area contributed by atoms with E-state index in [0.29, 0.717) is 22.9 Å². The van der Waals surface area contributed by atoms with Crippen molar-refractivity contribution in [2.24, 2.45) is 11.3 Å². The second-order valence-corrected chi connectivity index (χ2v) is 8.73. The van der Waals surface area contributed by atoms with Crippen molar-refractivity contribution in [1.82, 2.24) is 5.32 Å². The van der Waals surface area contributed by atoms with Gasteiger partial charge in [0.25, 0.3) is 0 Å². The molecule has 6 heteroatoms. The van der Waals surface area contributed by atoms with Crippen LogP contribution in [-0.2, 0) is 4.79 Å². The summed E-state index contributed by atoms with van der Waals surface area (Å²) in [5.41, 5.74) is 1.36. The third-order valence-corrected chi connectivity index (χ3v) is 7.28. The Bertz CT molecular complexity index is 901. The number of nitrogens with one attached hydrogen (secondary N) is 1. The van der Waals surface area contributed by atoms with Crippen LogP contribution in [0.1, 0.15) is 49.1 Å². The molecule has 1 saturated heterocycles. The SMILES string of the molecule is CC[C@@]12CC[C@@H](c3ccc(O)cc3Cl)[C@H](c3ccc(Cl)cc3)[C@@H]1C(O)NC2=O. The number of rotatable bonds is 3. The molecule has 0 aromatic heterocycles. The number of aromatic hydroxyl groups is 1. The minimum Gasteiger partial charge on any atom is -0.508 e. The van der Waals surface area contributed by atoms with E-state index in [0.717, 1.165) is 17.5 Å². The zero-order valence-electron chi connectivity index (χ0n) is 15.5. The highest BCUT2D eigenvalue weighted by Crippen LogP contribution is 2.60. The van der Waals surface area contributed by atoms with Gasteiger partial charge in [-0.05, 0) is 66.5 Å². The standard InChI is InChI=1S/C22H23Cl2NO3/c1-2-22-10-9-16(15-8-7-14(26)11-17(15)24)18(12-3-5-13(23)6-4-12)19(22)20(27)25-21(22)28/h3-8,11,16,18-20,26-27H,2,9-10H2,1H3,(H,25,28)/t16-,18-,19+,20?,22+/m0/s1. The summed E-state index contributed by atoms with van der Waals surface area (Å²) < 4.78 is 0. The quantitative estimate of drug-likeness (QED) is 0.667. The molecular formula is C22H23Cl2NO3. The second-order valence-electron chi connectivity index (χ2n) is 7.88. The lowest BCUT2D eigenvalue weighted by atomic mass is 9.55. The normalized spacial score (nSPS) is 32.1. The molecular weight excluding hydrogens is 397 g/mol. The van der Waals surface area contributed by atoms with Crippen LogP contribution in [-0.4, -0.2) is 22.3 Å². The largest absolute Gasteiger partial charge is 0.508 e. The molecule has 4 rings (SSSR count). The van der Waals surface area contributed by atoms with Crippen molar-refractivity contribution < 1.29 is 15.0 Å². The maximum Gasteiger partial charge on any atom is 0.228 e. The molecule has 0 spiro atoms. The molecule has 2 aromatic carbocycles. The summed E-state index contributed by atoms with van der Waals surface area (Å²) in [6.45, 7) is 2.01. The maximum absolute atomic E-state index is 12.8. The van der Waals surface area contributed by atoms with Crippen LogP contribution in [0.2, 0.25) is 10.0 Å². The number of fused-ring (bicyclic) bond motifs is 1. The van der Waals surface area contributed by atoms with Crippen molar-refractivity contribution in [1.29, 1.82) is 0 Å². The molecule has 1 saturated carbocycles. The van der Waals surface area contributed by atoms with Crippen LogP contribution >= 0.6 is 23.2 Å². The summed E-state index contributed by atoms with van der Waals surface area (Å²) in [5.74, 6) is -0.312. The van der Waals surface area contributed by atoms with Crippen molar-refractivity contribution in [3.63, 3.8) is 0 Å². The highest BCUT2D eigenvalue weighted by Gasteiger charge is 2.60. The molecule has 4 nitrogen and oxygen atoms in total. The average molecular weight is 420 g/mol. The molecule has 0 bridgehead atoms. The highest BCUT2D eigenvalue weighted by atomic mass is 35.5. The fourth-order valence-electron chi connectivity index (χ4n) is 5.35. The number of benzene rings is 2. The number of aliphatic hydroxyl groups excluding tert-OH is 1.